The van der Waals surface area contributed by atoms with Gasteiger partial charge in [0.15, 0.2) is 0 Å². The lowest BCUT2D eigenvalue weighted by Crippen LogP contribution is -2.26. The Hall–Kier alpha value is -3.84. The molecule has 0 aliphatic heterocycles. The van der Waals surface area contributed by atoms with Crippen molar-refractivity contribution in [1.29, 1.82) is 0 Å². The first-order chi connectivity index (χ1) is 17.3. The molecule has 0 unspecified atom stereocenters. The number of aryl methyl sites for hydroxylation is 1. The first-order valence-corrected chi connectivity index (χ1v) is 12.0. The van der Waals surface area contributed by atoms with Gasteiger partial charge in [0.25, 0.3) is 5.91 Å². The zero-order valence-electron chi connectivity index (χ0n) is 19.7. The van der Waals surface area contributed by atoms with Crippen molar-refractivity contribution in [2.45, 2.75) is 38.6 Å². The van der Waals surface area contributed by atoms with Crippen molar-refractivity contribution in [3.8, 4) is 11.3 Å². The molecule has 1 heterocycles. The molecule has 3 aromatic carbocycles. The number of carbonyl (C=O) groups is 2. The van der Waals surface area contributed by atoms with E-state index in [9.17, 15) is 14.0 Å². The summed E-state index contributed by atoms with van der Waals surface area (Å²) in [7, 11) is 0. The van der Waals surface area contributed by atoms with Crippen LogP contribution in [0, 0.1) is 5.82 Å². The van der Waals surface area contributed by atoms with E-state index in [1.165, 1.54) is 12.1 Å². The SMILES string of the molecule is C[C@@H](NC(=O)c1ccc2nc(-c3ccc(F)cc3)c(CCCCC(=O)O)nc2c1)c1ccc(Cl)cc1. The molecule has 2 N–H and O–H groups in total. The number of unbranched alkanes of at least 4 members (excludes halogenated alkanes) is 1. The molecule has 1 amide bonds. The van der Waals surface area contributed by atoms with Crippen LogP contribution in [0.25, 0.3) is 22.3 Å². The Balaban J connectivity index is 1.62. The summed E-state index contributed by atoms with van der Waals surface area (Å²) in [6.07, 6.45) is 1.69. The smallest absolute Gasteiger partial charge is 0.303 e. The van der Waals surface area contributed by atoms with Crippen LogP contribution >= 0.6 is 11.6 Å². The van der Waals surface area contributed by atoms with Gasteiger partial charge in [0, 0.05) is 22.6 Å². The third kappa shape index (κ3) is 6.23. The average Bonchev–Trinajstić information content (AvgIpc) is 2.86. The molecule has 6 nitrogen and oxygen atoms in total. The first-order valence-electron chi connectivity index (χ1n) is 11.6. The minimum absolute atomic E-state index is 0.0724. The fraction of sp³-hybridized carbons (Fsp3) is 0.214. The summed E-state index contributed by atoms with van der Waals surface area (Å²) < 4.78 is 13.5. The van der Waals surface area contributed by atoms with E-state index in [0.29, 0.717) is 52.3 Å². The molecule has 0 radical (unpaired) electrons. The number of fused-ring (bicyclic) bond motifs is 1. The molecule has 0 saturated carbocycles. The Morgan fingerprint density at radius 3 is 2.39 bits per heavy atom. The monoisotopic (exact) mass is 505 g/mol. The summed E-state index contributed by atoms with van der Waals surface area (Å²) in [5.41, 5.74) is 4.55. The minimum atomic E-state index is -0.846. The topological polar surface area (TPSA) is 92.2 Å². The lowest BCUT2D eigenvalue weighted by molar-refractivity contribution is -0.137. The summed E-state index contributed by atoms with van der Waals surface area (Å²) in [4.78, 5) is 33.4. The van der Waals surface area contributed by atoms with Crippen LogP contribution in [0.3, 0.4) is 0 Å². The number of rotatable bonds is 9. The summed E-state index contributed by atoms with van der Waals surface area (Å²) in [6.45, 7) is 1.90. The number of aliphatic carboxylic acids is 1. The van der Waals surface area contributed by atoms with Gasteiger partial charge in [-0.1, -0.05) is 23.7 Å². The molecule has 0 bridgehead atoms. The number of benzene rings is 3. The van der Waals surface area contributed by atoms with Gasteiger partial charge in [-0.15, -0.1) is 0 Å². The van der Waals surface area contributed by atoms with Crippen molar-refractivity contribution >= 4 is 34.5 Å². The van der Waals surface area contributed by atoms with Crippen molar-refractivity contribution in [1.82, 2.24) is 15.3 Å². The number of nitrogens with zero attached hydrogens (tertiary/aromatic N) is 2. The second-order valence-corrected chi connectivity index (χ2v) is 9.01. The lowest BCUT2D eigenvalue weighted by Gasteiger charge is -2.15. The second-order valence-electron chi connectivity index (χ2n) is 8.58. The fourth-order valence-corrected chi connectivity index (χ4v) is 4.05. The molecule has 8 heteroatoms. The van der Waals surface area contributed by atoms with Gasteiger partial charge in [-0.05, 0) is 86.3 Å². The van der Waals surface area contributed by atoms with E-state index in [2.05, 4.69) is 5.32 Å². The van der Waals surface area contributed by atoms with E-state index in [4.69, 9.17) is 26.7 Å². The zero-order valence-corrected chi connectivity index (χ0v) is 20.4. The molecule has 4 aromatic rings. The average molecular weight is 506 g/mol. The Labute approximate surface area is 213 Å². The summed E-state index contributed by atoms with van der Waals surface area (Å²) in [5, 5.41) is 12.5. The maximum atomic E-state index is 13.5. The maximum Gasteiger partial charge on any atom is 0.303 e. The van der Waals surface area contributed by atoms with Crippen LogP contribution in [0.4, 0.5) is 4.39 Å². The van der Waals surface area contributed by atoms with E-state index in [1.807, 2.05) is 19.1 Å². The lowest BCUT2D eigenvalue weighted by atomic mass is 10.0. The Morgan fingerprint density at radius 1 is 0.972 bits per heavy atom. The Morgan fingerprint density at radius 2 is 1.69 bits per heavy atom. The van der Waals surface area contributed by atoms with Crippen LogP contribution in [-0.4, -0.2) is 27.0 Å². The Kier molecular flexibility index (Phi) is 7.90. The van der Waals surface area contributed by atoms with E-state index in [1.54, 1.807) is 42.5 Å². The van der Waals surface area contributed by atoms with Crippen LogP contribution in [0.2, 0.25) is 5.02 Å². The maximum absolute atomic E-state index is 13.5. The van der Waals surface area contributed by atoms with Crippen molar-refractivity contribution in [2.24, 2.45) is 0 Å². The number of hydrogen-bond donors (Lipinski definition) is 2. The van der Waals surface area contributed by atoms with Gasteiger partial charge in [-0.2, -0.15) is 0 Å². The quantitative estimate of drug-likeness (QED) is 0.257. The first kappa shape index (κ1) is 25.3. The highest BCUT2D eigenvalue weighted by Crippen LogP contribution is 2.26. The van der Waals surface area contributed by atoms with Gasteiger partial charge in [0.05, 0.1) is 28.5 Å². The minimum Gasteiger partial charge on any atom is -0.481 e. The Bertz CT molecular complexity index is 1390. The third-order valence-electron chi connectivity index (χ3n) is 5.89. The summed E-state index contributed by atoms with van der Waals surface area (Å²) >= 11 is 5.95. The van der Waals surface area contributed by atoms with Gasteiger partial charge < -0.3 is 10.4 Å². The molecule has 0 saturated heterocycles. The van der Waals surface area contributed by atoms with Crippen molar-refractivity contribution in [2.75, 3.05) is 0 Å². The van der Waals surface area contributed by atoms with Gasteiger partial charge in [-0.3, -0.25) is 9.59 Å². The molecule has 0 fully saturated rings. The molecule has 0 aliphatic carbocycles. The third-order valence-corrected chi connectivity index (χ3v) is 6.14. The predicted molar refractivity (Wildman–Crippen MR) is 137 cm³/mol. The van der Waals surface area contributed by atoms with E-state index in [-0.39, 0.29) is 24.2 Å². The highest BCUT2D eigenvalue weighted by molar-refractivity contribution is 6.30. The zero-order chi connectivity index (χ0) is 25.7. The number of nitrogens with one attached hydrogen (secondary N) is 1. The molecular formula is C28H25ClFN3O3. The number of hydrogen-bond acceptors (Lipinski definition) is 4. The molecule has 0 spiro atoms. The second kappa shape index (κ2) is 11.3. The molecule has 36 heavy (non-hydrogen) atoms. The molecule has 184 valence electrons. The number of carboxylic acid groups (broad SMARTS) is 1. The van der Waals surface area contributed by atoms with Crippen LogP contribution in [-0.2, 0) is 11.2 Å². The molecule has 4 rings (SSSR count). The number of amides is 1. The fourth-order valence-electron chi connectivity index (χ4n) is 3.93. The standard InChI is InChI=1S/C28H25ClFN3O3/c1-17(18-6-11-21(29)12-7-18)31-28(36)20-10-15-23-25(16-20)32-24(4-2-3-5-26(34)35)27(33-23)19-8-13-22(30)14-9-19/h6-17H,2-5H2,1H3,(H,31,36)(H,34,35)/t17-/m1/s1. The molecule has 1 aromatic heterocycles. The summed E-state index contributed by atoms with van der Waals surface area (Å²) in [6, 6.07) is 18.2. The highest BCUT2D eigenvalue weighted by atomic mass is 35.5. The normalized spacial score (nSPS) is 11.9. The predicted octanol–water partition coefficient (Wildman–Crippen LogP) is 6.38. The molecule has 0 aliphatic rings. The van der Waals surface area contributed by atoms with Crippen LogP contribution in [0.15, 0.2) is 66.7 Å². The highest BCUT2D eigenvalue weighted by Gasteiger charge is 2.16. The van der Waals surface area contributed by atoms with Crippen molar-refractivity contribution in [3.63, 3.8) is 0 Å². The van der Waals surface area contributed by atoms with Crippen molar-refractivity contribution < 1.29 is 19.1 Å². The number of carbonyl (C=O) groups excluding carboxylic acids is 1. The van der Waals surface area contributed by atoms with Gasteiger partial charge in [0.2, 0.25) is 0 Å². The van der Waals surface area contributed by atoms with E-state index < -0.39 is 5.97 Å². The van der Waals surface area contributed by atoms with Crippen LogP contribution in [0.5, 0.6) is 0 Å². The summed E-state index contributed by atoms with van der Waals surface area (Å²) in [5.74, 6) is -1.44. The van der Waals surface area contributed by atoms with Crippen LogP contribution in [0.1, 0.15) is 53.8 Å². The van der Waals surface area contributed by atoms with Crippen molar-refractivity contribution in [3.05, 3.63) is 94.4 Å². The number of halogens is 2. The van der Waals surface area contributed by atoms with Crippen LogP contribution < -0.4 is 5.32 Å². The number of carboxylic acids is 1. The van der Waals surface area contributed by atoms with Gasteiger partial charge in [0.1, 0.15) is 5.82 Å². The van der Waals surface area contributed by atoms with Gasteiger partial charge >= 0.3 is 5.97 Å². The largest absolute Gasteiger partial charge is 0.481 e. The van der Waals surface area contributed by atoms with E-state index >= 15 is 0 Å². The number of aromatic nitrogens is 2. The van der Waals surface area contributed by atoms with Gasteiger partial charge in [-0.25, -0.2) is 14.4 Å². The molecular weight excluding hydrogens is 481 g/mol. The van der Waals surface area contributed by atoms with E-state index in [0.717, 1.165) is 11.1 Å². The molecule has 1 atom stereocenters.